The molecule has 1 heterocycles. The van der Waals surface area contributed by atoms with Crippen molar-refractivity contribution in [3.63, 3.8) is 0 Å². The molecule has 0 aromatic carbocycles. The number of H-pyrrole nitrogens is 1. The summed E-state index contributed by atoms with van der Waals surface area (Å²) in [4.78, 5) is 39.0. The lowest BCUT2D eigenvalue weighted by Gasteiger charge is -2.07. The predicted molar refractivity (Wildman–Crippen MR) is 78.8 cm³/mol. The molecule has 6 heteroatoms. The van der Waals surface area contributed by atoms with Crippen molar-refractivity contribution in [3.8, 4) is 0 Å². The van der Waals surface area contributed by atoms with Crippen LogP contribution in [0.1, 0.15) is 52.4 Å². The minimum absolute atomic E-state index is 0.0913. The lowest BCUT2D eigenvalue weighted by atomic mass is 10.1. The van der Waals surface area contributed by atoms with Gasteiger partial charge < -0.3 is 14.5 Å². The molecule has 1 N–H and O–H groups in total. The zero-order valence-corrected chi connectivity index (χ0v) is 13.3. The number of hydrogen-bond donors (Lipinski definition) is 1. The molecule has 1 fully saturated rings. The Labute approximate surface area is 129 Å². The minimum Gasteiger partial charge on any atom is -0.462 e. The van der Waals surface area contributed by atoms with E-state index in [9.17, 15) is 14.4 Å². The Balaban J connectivity index is 2.11. The van der Waals surface area contributed by atoms with Crippen molar-refractivity contribution in [2.45, 2.75) is 34.1 Å². The third-order valence-electron chi connectivity index (χ3n) is 3.89. The first-order chi connectivity index (χ1) is 10.4. The molecule has 1 aliphatic carbocycles. The molecule has 0 unspecified atom stereocenters. The van der Waals surface area contributed by atoms with Crippen molar-refractivity contribution in [1.29, 1.82) is 0 Å². The lowest BCUT2D eigenvalue weighted by molar-refractivity contribution is -0.144. The van der Waals surface area contributed by atoms with Gasteiger partial charge in [0.25, 0.3) is 0 Å². The molecule has 6 nitrogen and oxygen atoms in total. The molecule has 1 aliphatic rings. The quantitative estimate of drug-likeness (QED) is 0.643. The monoisotopic (exact) mass is 307 g/mol. The Hall–Kier alpha value is -2.11. The van der Waals surface area contributed by atoms with E-state index in [1.807, 2.05) is 6.92 Å². The van der Waals surface area contributed by atoms with Crippen LogP contribution in [0.3, 0.4) is 0 Å². The molecule has 1 aromatic heterocycles. The van der Waals surface area contributed by atoms with E-state index in [2.05, 4.69) is 4.98 Å². The van der Waals surface area contributed by atoms with E-state index < -0.39 is 11.8 Å². The second-order valence-corrected chi connectivity index (χ2v) is 5.70. The van der Waals surface area contributed by atoms with E-state index in [0.29, 0.717) is 17.3 Å². The zero-order chi connectivity index (χ0) is 16.4. The average molecular weight is 307 g/mol. The van der Waals surface area contributed by atoms with Crippen LogP contribution in [0.2, 0.25) is 0 Å². The molecule has 1 saturated carbocycles. The van der Waals surface area contributed by atoms with Crippen LogP contribution in [0.5, 0.6) is 0 Å². The van der Waals surface area contributed by atoms with E-state index in [4.69, 9.17) is 9.47 Å². The number of aromatic nitrogens is 1. The van der Waals surface area contributed by atoms with Gasteiger partial charge in [-0.1, -0.05) is 6.92 Å². The van der Waals surface area contributed by atoms with Crippen molar-refractivity contribution in [3.05, 3.63) is 22.5 Å². The highest BCUT2D eigenvalue weighted by molar-refractivity contribution is 6.09. The van der Waals surface area contributed by atoms with Gasteiger partial charge in [0.1, 0.15) is 0 Å². The van der Waals surface area contributed by atoms with Crippen LogP contribution in [-0.2, 0) is 14.3 Å². The minimum atomic E-state index is -0.546. The Morgan fingerprint density at radius 3 is 2.27 bits per heavy atom. The van der Waals surface area contributed by atoms with Crippen LogP contribution in [-0.4, -0.2) is 35.9 Å². The molecule has 2 rings (SSSR count). The summed E-state index contributed by atoms with van der Waals surface area (Å²) < 4.78 is 10.0. The molecule has 2 atom stereocenters. The Morgan fingerprint density at radius 2 is 1.73 bits per heavy atom. The van der Waals surface area contributed by atoms with Gasteiger partial charge >= 0.3 is 11.9 Å². The highest BCUT2D eigenvalue weighted by Gasteiger charge is 2.40. The van der Waals surface area contributed by atoms with Crippen molar-refractivity contribution in [2.24, 2.45) is 11.8 Å². The number of aryl methyl sites for hydroxylation is 2. The number of nitrogens with one attached hydrogen (secondary N) is 1. The molecular weight excluding hydrogens is 286 g/mol. The number of esters is 2. The SMILES string of the molecule is CCOC(=O)c1c(C)[nH]c(C)c1C(=O)COC(=O)[C@@H]1C[C@H]1C. The Morgan fingerprint density at radius 1 is 1.14 bits per heavy atom. The first kappa shape index (κ1) is 16.3. The Bertz CT molecular complexity index is 616. The van der Waals surface area contributed by atoms with E-state index in [0.717, 1.165) is 6.42 Å². The van der Waals surface area contributed by atoms with Crippen molar-refractivity contribution >= 4 is 17.7 Å². The highest BCUT2D eigenvalue weighted by atomic mass is 16.5. The fourth-order valence-corrected chi connectivity index (χ4v) is 2.55. The molecule has 120 valence electrons. The predicted octanol–water partition coefficient (Wildman–Crippen LogP) is 2.19. The topological polar surface area (TPSA) is 85.5 Å². The van der Waals surface area contributed by atoms with Crippen LogP contribution in [0.25, 0.3) is 0 Å². The summed E-state index contributed by atoms with van der Waals surface area (Å²) in [6.07, 6.45) is 0.809. The van der Waals surface area contributed by atoms with Gasteiger partial charge in [-0.15, -0.1) is 0 Å². The van der Waals surface area contributed by atoms with Gasteiger partial charge in [0, 0.05) is 11.4 Å². The Kier molecular flexibility index (Phi) is 4.68. The third-order valence-corrected chi connectivity index (χ3v) is 3.89. The summed E-state index contributed by atoms with van der Waals surface area (Å²) >= 11 is 0. The molecule has 0 bridgehead atoms. The third kappa shape index (κ3) is 3.21. The number of carbonyl (C=O) groups is 3. The molecule has 0 aliphatic heterocycles. The number of carbonyl (C=O) groups excluding carboxylic acids is 3. The summed E-state index contributed by atoms with van der Waals surface area (Å²) in [5, 5.41) is 0. The summed E-state index contributed by atoms with van der Waals surface area (Å²) in [7, 11) is 0. The fraction of sp³-hybridized carbons (Fsp3) is 0.562. The van der Waals surface area contributed by atoms with Crippen molar-refractivity contribution in [2.75, 3.05) is 13.2 Å². The largest absolute Gasteiger partial charge is 0.462 e. The summed E-state index contributed by atoms with van der Waals surface area (Å²) in [6.45, 7) is 6.94. The van der Waals surface area contributed by atoms with Crippen LogP contribution in [0.15, 0.2) is 0 Å². The highest BCUT2D eigenvalue weighted by Crippen LogP contribution is 2.38. The second-order valence-electron chi connectivity index (χ2n) is 5.70. The van der Waals surface area contributed by atoms with Gasteiger partial charge in [-0.2, -0.15) is 0 Å². The number of aromatic amines is 1. The maximum absolute atomic E-state index is 12.3. The first-order valence-corrected chi connectivity index (χ1v) is 7.42. The van der Waals surface area contributed by atoms with E-state index in [1.165, 1.54) is 0 Å². The van der Waals surface area contributed by atoms with Crippen molar-refractivity contribution < 1.29 is 23.9 Å². The van der Waals surface area contributed by atoms with Gasteiger partial charge in [-0.3, -0.25) is 9.59 Å². The van der Waals surface area contributed by atoms with Crippen LogP contribution in [0, 0.1) is 25.7 Å². The smallest absolute Gasteiger partial charge is 0.340 e. The number of hydrogen-bond acceptors (Lipinski definition) is 5. The van der Waals surface area contributed by atoms with Gasteiger partial charge in [-0.05, 0) is 33.1 Å². The summed E-state index contributed by atoms with van der Waals surface area (Å²) in [6, 6.07) is 0. The van der Waals surface area contributed by atoms with Crippen molar-refractivity contribution in [1.82, 2.24) is 4.98 Å². The first-order valence-electron chi connectivity index (χ1n) is 7.42. The van der Waals surface area contributed by atoms with Gasteiger partial charge in [0.05, 0.1) is 23.7 Å². The second kappa shape index (κ2) is 6.34. The molecule has 0 amide bonds. The molecular formula is C16H21NO5. The maximum atomic E-state index is 12.3. The summed E-state index contributed by atoms with van der Waals surface area (Å²) in [5.74, 6) is -1.05. The number of ketones is 1. The molecule has 0 radical (unpaired) electrons. The standard InChI is InChI=1S/C16H21NO5/c1-5-21-16(20)14-10(4)17-9(3)13(14)12(18)7-22-15(19)11-6-8(11)2/h8,11,17H,5-7H2,1-4H3/t8-,11-/m1/s1. The number of rotatable bonds is 6. The van der Waals surface area contributed by atoms with Gasteiger partial charge in [0.2, 0.25) is 5.78 Å². The number of Topliss-reactive ketones (excluding diaryl/α,β-unsaturated/α-hetero) is 1. The van der Waals surface area contributed by atoms with Gasteiger partial charge in [0.15, 0.2) is 6.61 Å². The fourth-order valence-electron chi connectivity index (χ4n) is 2.55. The normalized spacial score (nSPS) is 19.6. The molecule has 1 aromatic rings. The average Bonchev–Trinajstić information content (AvgIpc) is 3.10. The van der Waals surface area contributed by atoms with E-state index in [1.54, 1.807) is 20.8 Å². The number of ether oxygens (including phenoxy) is 2. The molecule has 22 heavy (non-hydrogen) atoms. The summed E-state index contributed by atoms with van der Waals surface area (Å²) in [5.41, 5.74) is 1.61. The van der Waals surface area contributed by atoms with Crippen LogP contribution >= 0.6 is 0 Å². The van der Waals surface area contributed by atoms with Crippen LogP contribution < -0.4 is 0 Å². The van der Waals surface area contributed by atoms with Gasteiger partial charge in [-0.25, -0.2) is 4.79 Å². The zero-order valence-electron chi connectivity index (χ0n) is 13.3. The molecule has 0 saturated heterocycles. The van der Waals surface area contributed by atoms with E-state index >= 15 is 0 Å². The lowest BCUT2D eigenvalue weighted by Crippen LogP contribution is -2.19. The molecule has 0 spiro atoms. The van der Waals surface area contributed by atoms with E-state index in [-0.39, 0.29) is 36.2 Å². The maximum Gasteiger partial charge on any atom is 0.340 e. The van der Waals surface area contributed by atoms with Crippen LogP contribution in [0.4, 0.5) is 0 Å².